The highest BCUT2D eigenvalue weighted by Crippen LogP contribution is 2.25. The Hall–Kier alpha value is -2.82. The number of hydrogen-bond acceptors (Lipinski definition) is 5. The number of non-ortho nitro benzene ring substituents is 1. The molecule has 120 valence electrons. The molecular formula is C15H9IN4O4. The summed E-state index contributed by atoms with van der Waals surface area (Å²) in [4.78, 5) is 34.0. The van der Waals surface area contributed by atoms with Gasteiger partial charge in [-0.3, -0.25) is 19.7 Å². The van der Waals surface area contributed by atoms with Crippen LogP contribution >= 0.6 is 22.6 Å². The lowest BCUT2D eigenvalue weighted by Gasteiger charge is -2.01. The number of anilines is 1. The summed E-state index contributed by atoms with van der Waals surface area (Å²) in [6.07, 6.45) is 0. The van der Waals surface area contributed by atoms with Crippen LogP contribution in [0.2, 0.25) is 0 Å². The number of carbonyl (C=O) groups is 2. The van der Waals surface area contributed by atoms with Gasteiger partial charge < -0.3 is 5.32 Å². The number of amides is 2. The van der Waals surface area contributed by atoms with E-state index in [0.717, 1.165) is 3.57 Å². The fourth-order valence-electron chi connectivity index (χ4n) is 2.14. The highest BCUT2D eigenvalue weighted by Gasteiger charge is 2.26. The first-order valence-electron chi connectivity index (χ1n) is 6.69. The fraction of sp³-hybridized carbons (Fsp3) is 0. The molecule has 0 atom stereocenters. The van der Waals surface area contributed by atoms with E-state index in [-0.39, 0.29) is 17.0 Å². The zero-order valence-corrected chi connectivity index (χ0v) is 14.1. The Morgan fingerprint density at radius 1 is 1.21 bits per heavy atom. The summed E-state index contributed by atoms with van der Waals surface area (Å²) >= 11 is 2.11. The molecule has 1 heterocycles. The third kappa shape index (κ3) is 3.11. The van der Waals surface area contributed by atoms with Crippen molar-refractivity contribution in [3.05, 3.63) is 67.3 Å². The molecule has 0 aliphatic carbocycles. The summed E-state index contributed by atoms with van der Waals surface area (Å²) in [5, 5.41) is 17.1. The molecule has 8 nitrogen and oxygen atoms in total. The van der Waals surface area contributed by atoms with Crippen LogP contribution in [0.25, 0.3) is 0 Å². The number of nitro groups is 1. The van der Waals surface area contributed by atoms with Gasteiger partial charge in [-0.25, -0.2) is 5.43 Å². The smallest absolute Gasteiger partial charge is 0.276 e. The molecular weight excluding hydrogens is 427 g/mol. The van der Waals surface area contributed by atoms with E-state index in [2.05, 4.69) is 38.4 Å². The van der Waals surface area contributed by atoms with Crippen LogP contribution in [0.5, 0.6) is 0 Å². The molecule has 9 heteroatoms. The largest absolute Gasteiger partial charge is 0.320 e. The number of hydrazone groups is 1. The minimum atomic E-state index is -0.565. The molecule has 3 rings (SSSR count). The zero-order chi connectivity index (χ0) is 17.3. The van der Waals surface area contributed by atoms with Crippen molar-refractivity contribution in [2.45, 2.75) is 0 Å². The Labute approximate surface area is 149 Å². The monoisotopic (exact) mass is 436 g/mol. The maximum Gasteiger partial charge on any atom is 0.276 e. The van der Waals surface area contributed by atoms with Crippen molar-refractivity contribution in [1.29, 1.82) is 0 Å². The summed E-state index contributed by atoms with van der Waals surface area (Å²) in [6.45, 7) is 0. The Balaban J connectivity index is 1.81. The third-order valence-electron chi connectivity index (χ3n) is 3.31. The molecule has 1 aliphatic heterocycles. The predicted octanol–water partition coefficient (Wildman–Crippen LogP) is 2.29. The maximum atomic E-state index is 12.0. The molecule has 0 fully saturated rings. The van der Waals surface area contributed by atoms with Crippen LogP contribution in [-0.4, -0.2) is 22.4 Å². The third-order valence-corrected chi connectivity index (χ3v) is 3.98. The summed E-state index contributed by atoms with van der Waals surface area (Å²) < 4.78 is 0.928. The molecule has 2 amide bonds. The van der Waals surface area contributed by atoms with Crippen LogP contribution < -0.4 is 10.7 Å². The normalized spacial score (nSPS) is 14.2. The zero-order valence-electron chi connectivity index (χ0n) is 11.9. The van der Waals surface area contributed by atoms with E-state index >= 15 is 0 Å². The van der Waals surface area contributed by atoms with Crippen LogP contribution in [0, 0.1) is 13.7 Å². The number of nitrogens with one attached hydrogen (secondary N) is 2. The van der Waals surface area contributed by atoms with Crippen LogP contribution in [0.15, 0.2) is 47.6 Å². The van der Waals surface area contributed by atoms with E-state index in [1.165, 1.54) is 24.3 Å². The lowest BCUT2D eigenvalue weighted by Crippen LogP contribution is -2.23. The van der Waals surface area contributed by atoms with E-state index in [1.807, 2.05) is 6.07 Å². The van der Waals surface area contributed by atoms with Gasteiger partial charge >= 0.3 is 0 Å². The standard InChI is InChI=1S/C15H9IN4O4/c16-9-3-6-12-11(7-9)13(15(22)17-12)18-19-14(21)8-1-4-10(5-2-8)20(23)24/h1-7H,(H,19,21)(H,17,18,22). The second kappa shape index (κ2) is 6.35. The molecule has 0 aromatic heterocycles. The molecule has 0 spiro atoms. The molecule has 2 aromatic carbocycles. The van der Waals surface area contributed by atoms with E-state index in [9.17, 15) is 19.7 Å². The van der Waals surface area contributed by atoms with Crippen molar-refractivity contribution in [1.82, 2.24) is 5.43 Å². The molecule has 24 heavy (non-hydrogen) atoms. The van der Waals surface area contributed by atoms with Crippen molar-refractivity contribution in [2.75, 3.05) is 5.32 Å². The van der Waals surface area contributed by atoms with Gasteiger partial charge in [0.05, 0.1) is 10.6 Å². The second-order valence-corrected chi connectivity index (χ2v) is 6.09. The lowest BCUT2D eigenvalue weighted by molar-refractivity contribution is -0.384. The lowest BCUT2D eigenvalue weighted by atomic mass is 10.1. The number of hydrogen-bond donors (Lipinski definition) is 2. The van der Waals surface area contributed by atoms with Gasteiger partial charge in [0.1, 0.15) is 0 Å². The first-order chi connectivity index (χ1) is 11.5. The van der Waals surface area contributed by atoms with E-state index in [0.29, 0.717) is 11.3 Å². The Kier molecular flexibility index (Phi) is 4.25. The van der Waals surface area contributed by atoms with Gasteiger partial charge in [0, 0.05) is 26.8 Å². The van der Waals surface area contributed by atoms with Crippen LogP contribution in [0.4, 0.5) is 11.4 Å². The van der Waals surface area contributed by atoms with Gasteiger partial charge in [0.2, 0.25) is 0 Å². The van der Waals surface area contributed by atoms with Crippen LogP contribution in [0.3, 0.4) is 0 Å². The Bertz CT molecular complexity index is 893. The molecule has 0 radical (unpaired) electrons. The maximum absolute atomic E-state index is 12.0. The average molecular weight is 436 g/mol. The minimum absolute atomic E-state index is 0.110. The number of benzene rings is 2. The number of rotatable bonds is 3. The first-order valence-corrected chi connectivity index (χ1v) is 7.77. The fourth-order valence-corrected chi connectivity index (χ4v) is 2.63. The van der Waals surface area contributed by atoms with Gasteiger partial charge in [0.25, 0.3) is 17.5 Å². The van der Waals surface area contributed by atoms with Crippen LogP contribution in [0.1, 0.15) is 15.9 Å². The number of carbonyl (C=O) groups excluding carboxylic acids is 2. The van der Waals surface area contributed by atoms with Crippen molar-refractivity contribution in [3.63, 3.8) is 0 Å². The molecule has 0 saturated heterocycles. The van der Waals surface area contributed by atoms with Crippen molar-refractivity contribution >= 4 is 51.5 Å². The quantitative estimate of drug-likeness (QED) is 0.437. The first kappa shape index (κ1) is 16.1. The highest BCUT2D eigenvalue weighted by atomic mass is 127. The van der Waals surface area contributed by atoms with Gasteiger partial charge in [-0.2, -0.15) is 5.10 Å². The predicted molar refractivity (Wildman–Crippen MR) is 94.9 cm³/mol. The summed E-state index contributed by atoms with van der Waals surface area (Å²) in [7, 11) is 0. The van der Waals surface area contributed by atoms with Crippen molar-refractivity contribution < 1.29 is 14.5 Å². The summed E-state index contributed by atoms with van der Waals surface area (Å²) in [5.74, 6) is -0.972. The molecule has 2 aromatic rings. The van der Waals surface area contributed by atoms with Gasteiger partial charge in [-0.1, -0.05) is 0 Å². The topological polar surface area (TPSA) is 114 Å². The number of nitrogens with zero attached hydrogens (tertiary/aromatic N) is 2. The van der Waals surface area contributed by atoms with E-state index in [4.69, 9.17) is 0 Å². The van der Waals surface area contributed by atoms with Crippen molar-refractivity contribution in [3.8, 4) is 0 Å². The summed E-state index contributed by atoms with van der Waals surface area (Å²) in [6, 6.07) is 10.5. The Morgan fingerprint density at radius 3 is 2.58 bits per heavy atom. The van der Waals surface area contributed by atoms with Gasteiger partial charge in [0.15, 0.2) is 5.71 Å². The summed E-state index contributed by atoms with van der Waals surface area (Å²) in [5.41, 5.74) is 3.73. The molecule has 0 bridgehead atoms. The average Bonchev–Trinajstić information content (AvgIpc) is 2.87. The van der Waals surface area contributed by atoms with Gasteiger partial charge in [-0.15, -0.1) is 0 Å². The number of nitro benzene ring substituents is 1. The molecule has 0 saturated carbocycles. The second-order valence-electron chi connectivity index (χ2n) is 4.85. The van der Waals surface area contributed by atoms with E-state index in [1.54, 1.807) is 12.1 Å². The number of halogens is 1. The van der Waals surface area contributed by atoms with Crippen molar-refractivity contribution in [2.24, 2.45) is 5.10 Å². The molecule has 1 aliphatic rings. The molecule has 0 unspecified atom stereocenters. The minimum Gasteiger partial charge on any atom is -0.320 e. The SMILES string of the molecule is O=C1Nc2ccc(I)cc2/C1=N/NC(=O)c1ccc([N+](=O)[O-])cc1. The Morgan fingerprint density at radius 2 is 1.92 bits per heavy atom. The van der Waals surface area contributed by atoms with E-state index < -0.39 is 16.7 Å². The number of fused-ring (bicyclic) bond motifs is 1. The highest BCUT2D eigenvalue weighted by molar-refractivity contribution is 14.1. The van der Waals surface area contributed by atoms with Crippen LogP contribution in [-0.2, 0) is 4.79 Å². The molecule has 2 N–H and O–H groups in total. The van der Waals surface area contributed by atoms with Gasteiger partial charge in [-0.05, 0) is 52.9 Å².